The Morgan fingerprint density at radius 2 is 1.80 bits per heavy atom. The number of fused-ring (bicyclic) bond motifs is 1. The lowest BCUT2D eigenvalue weighted by Crippen LogP contribution is -2.20. The number of anilines is 1. The second-order valence-corrected chi connectivity index (χ2v) is 8.40. The quantitative estimate of drug-likeness (QED) is 0.379. The van der Waals surface area contributed by atoms with E-state index in [1.165, 1.54) is 11.1 Å². The maximum Gasteiger partial charge on any atom is 0.247 e. The number of benzene rings is 2. The minimum absolute atomic E-state index is 0.0358. The molecule has 3 heterocycles. The third-order valence-electron chi connectivity index (χ3n) is 6.00. The van der Waals surface area contributed by atoms with Crippen molar-refractivity contribution in [1.82, 2.24) is 24.5 Å². The molecule has 0 aliphatic rings. The number of nitrogens with zero attached hydrogens (tertiary/aromatic N) is 5. The van der Waals surface area contributed by atoms with E-state index < -0.39 is 0 Å². The van der Waals surface area contributed by atoms with E-state index in [0.717, 1.165) is 28.0 Å². The lowest BCUT2D eigenvalue weighted by Gasteiger charge is -2.07. The third-order valence-corrected chi connectivity index (χ3v) is 6.00. The summed E-state index contributed by atoms with van der Waals surface area (Å²) in [6.45, 7) is 4.68. The molecule has 0 spiro atoms. The van der Waals surface area contributed by atoms with Crippen LogP contribution in [-0.4, -0.2) is 37.6 Å². The predicted octanol–water partition coefficient (Wildman–Crippen LogP) is 4.61. The standard InChI is InChI=1S/C27H26N6O2/c1-18-6-4-5-7-21(18)16-32-15-13-24(31-32)29-25(34)17-33-27-26(19(2)30-33)23(12-14-28-27)20-8-10-22(35-3)11-9-20/h4-15H,16-17H2,1-3H3,(H,29,31,34). The maximum atomic E-state index is 12.8. The first-order valence-corrected chi connectivity index (χ1v) is 11.4. The molecule has 2 aromatic carbocycles. The fraction of sp³-hybridized carbons (Fsp3) is 0.185. The first-order valence-electron chi connectivity index (χ1n) is 11.4. The Hall–Kier alpha value is -4.46. The first kappa shape index (κ1) is 22.3. The van der Waals surface area contributed by atoms with E-state index in [0.29, 0.717) is 18.0 Å². The highest BCUT2D eigenvalue weighted by Gasteiger charge is 2.16. The Balaban J connectivity index is 1.33. The molecular formula is C27H26N6O2. The number of amides is 1. The van der Waals surface area contributed by atoms with E-state index >= 15 is 0 Å². The molecule has 0 atom stereocenters. The van der Waals surface area contributed by atoms with Crippen molar-refractivity contribution in [3.05, 3.63) is 89.9 Å². The van der Waals surface area contributed by atoms with Gasteiger partial charge in [-0.2, -0.15) is 10.2 Å². The van der Waals surface area contributed by atoms with Gasteiger partial charge in [0.1, 0.15) is 12.3 Å². The van der Waals surface area contributed by atoms with Crippen LogP contribution in [0.1, 0.15) is 16.8 Å². The monoisotopic (exact) mass is 466 g/mol. The SMILES string of the molecule is COc1ccc(-c2ccnc3c2c(C)nn3CC(=O)Nc2ccn(Cc3ccccc3C)n2)cc1. The number of carbonyl (C=O) groups excluding carboxylic acids is 1. The summed E-state index contributed by atoms with van der Waals surface area (Å²) in [5.74, 6) is 1.08. The van der Waals surface area contributed by atoms with Gasteiger partial charge in [0.05, 0.1) is 19.3 Å². The van der Waals surface area contributed by atoms with Gasteiger partial charge in [0.25, 0.3) is 0 Å². The van der Waals surface area contributed by atoms with Crippen molar-refractivity contribution in [2.75, 3.05) is 12.4 Å². The summed E-state index contributed by atoms with van der Waals surface area (Å²) in [4.78, 5) is 17.3. The van der Waals surface area contributed by atoms with Gasteiger partial charge < -0.3 is 10.1 Å². The normalized spacial score (nSPS) is 11.1. The largest absolute Gasteiger partial charge is 0.497 e. The first-order chi connectivity index (χ1) is 17.0. The van der Waals surface area contributed by atoms with Crippen LogP contribution in [0.25, 0.3) is 22.2 Å². The lowest BCUT2D eigenvalue weighted by atomic mass is 10.0. The predicted molar refractivity (Wildman–Crippen MR) is 135 cm³/mol. The summed E-state index contributed by atoms with van der Waals surface area (Å²) in [6.07, 6.45) is 3.60. The molecule has 1 amide bonds. The molecule has 35 heavy (non-hydrogen) atoms. The van der Waals surface area contributed by atoms with Gasteiger partial charge in [-0.3, -0.25) is 9.48 Å². The van der Waals surface area contributed by atoms with Crippen LogP contribution in [0.2, 0.25) is 0 Å². The number of aromatic nitrogens is 5. The molecule has 8 heteroatoms. The fourth-order valence-electron chi connectivity index (χ4n) is 4.20. The summed E-state index contributed by atoms with van der Waals surface area (Å²) in [7, 11) is 1.65. The van der Waals surface area contributed by atoms with Crippen molar-refractivity contribution < 1.29 is 9.53 Å². The summed E-state index contributed by atoms with van der Waals surface area (Å²) in [6, 6.07) is 19.8. The van der Waals surface area contributed by atoms with Crippen molar-refractivity contribution >= 4 is 22.8 Å². The Bertz CT molecular complexity index is 1500. The second kappa shape index (κ2) is 9.42. The van der Waals surface area contributed by atoms with E-state index in [4.69, 9.17) is 4.74 Å². The van der Waals surface area contributed by atoms with Gasteiger partial charge in [-0.25, -0.2) is 9.67 Å². The molecule has 0 bridgehead atoms. The summed E-state index contributed by atoms with van der Waals surface area (Å²) < 4.78 is 8.72. The van der Waals surface area contributed by atoms with Gasteiger partial charge in [0.2, 0.25) is 5.91 Å². The average Bonchev–Trinajstić information content (AvgIpc) is 3.44. The molecule has 176 valence electrons. The fourth-order valence-corrected chi connectivity index (χ4v) is 4.20. The number of aryl methyl sites for hydroxylation is 2. The van der Waals surface area contributed by atoms with Crippen LogP contribution < -0.4 is 10.1 Å². The Morgan fingerprint density at radius 1 is 1.00 bits per heavy atom. The molecule has 5 aromatic rings. The third kappa shape index (κ3) is 4.63. The van der Waals surface area contributed by atoms with E-state index in [9.17, 15) is 4.79 Å². The molecule has 0 saturated carbocycles. The number of rotatable bonds is 7. The van der Waals surface area contributed by atoms with Crippen molar-refractivity contribution in [3.8, 4) is 16.9 Å². The van der Waals surface area contributed by atoms with Gasteiger partial charge in [0, 0.05) is 23.8 Å². The highest BCUT2D eigenvalue weighted by molar-refractivity contribution is 5.96. The smallest absolute Gasteiger partial charge is 0.247 e. The molecule has 5 rings (SSSR count). The number of hydrogen-bond donors (Lipinski definition) is 1. The van der Waals surface area contributed by atoms with Crippen LogP contribution in [0.15, 0.2) is 73.1 Å². The Labute approximate surface area is 203 Å². The Morgan fingerprint density at radius 3 is 2.57 bits per heavy atom. The molecule has 0 radical (unpaired) electrons. The van der Waals surface area contributed by atoms with Crippen LogP contribution in [0.5, 0.6) is 5.75 Å². The molecule has 3 aromatic heterocycles. The van der Waals surface area contributed by atoms with Crippen molar-refractivity contribution in [2.45, 2.75) is 26.9 Å². The van der Waals surface area contributed by atoms with Crippen LogP contribution in [-0.2, 0) is 17.9 Å². The van der Waals surface area contributed by atoms with Gasteiger partial charge in [-0.05, 0) is 54.3 Å². The van der Waals surface area contributed by atoms with E-state index in [1.807, 2.05) is 60.3 Å². The molecule has 0 aliphatic carbocycles. The molecule has 0 fully saturated rings. The number of methoxy groups -OCH3 is 1. The lowest BCUT2D eigenvalue weighted by molar-refractivity contribution is -0.116. The molecule has 0 unspecified atom stereocenters. The molecular weight excluding hydrogens is 440 g/mol. The summed E-state index contributed by atoms with van der Waals surface area (Å²) >= 11 is 0. The highest BCUT2D eigenvalue weighted by atomic mass is 16.5. The number of carbonyl (C=O) groups is 1. The maximum absolute atomic E-state index is 12.8. The van der Waals surface area contributed by atoms with Crippen LogP contribution in [0.4, 0.5) is 5.82 Å². The number of ether oxygens (including phenoxy) is 1. The molecule has 8 nitrogen and oxygen atoms in total. The van der Waals surface area contributed by atoms with Crippen LogP contribution in [0.3, 0.4) is 0 Å². The molecule has 0 aliphatic heterocycles. The zero-order valence-electron chi connectivity index (χ0n) is 19.9. The van der Waals surface area contributed by atoms with Crippen molar-refractivity contribution in [3.63, 3.8) is 0 Å². The topological polar surface area (TPSA) is 86.9 Å². The molecule has 0 saturated heterocycles. The van der Waals surface area contributed by atoms with E-state index in [2.05, 4.69) is 39.6 Å². The van der Waals surface area contributed by atoms with E-state index in [1.54, 1.807) is 24.1 Å². The van der Waals surface area contributed by atoms with Gasteiger partial charge in [-0.1, -0.05) is 36.4 Å². The Kier molecular flexibility index (Phi) is 6.01. The van der Waals surface area contributed by atoms with E-state index in [-0.39, 0.29) is 12.5 Å². The highest BCUT2D eigenvalue weighted by Crippen LogP contribution is 2.30. The van der Waals surface area contributed by atoms with Gasteiger partial charge >= 0.3 is 0 Å². The minimum Gasteiger partial charge on any atom is -0.497 e. The van der Waals surface area contributed by atoms with Gasteiger partial charge in [-0.15, -0.1) is 0 Å². The second-order valence-electron chi connectivity index (χ2n) is 8.40. The number of nitrogens with one attached hydrogen (secondary N) is 1. The number of hydrogen-bond acceptors (Lipinski definition) is 5. The van der Waals surface area contributed by atoms with Crippen molar-refractivity contribution in [2.24, 2.45) is 0 Å². The van der Waals surface area contributed by atoms with Crippen molar-refractivity contribution in [1.29, 1.82) is 0 Å². The molecule has 1 N–H and O–H groups in total. The minimum atomic E-state index is -0.216. The summed E-state index contributed by atoms with van der Waals surface area (Å²) in [5, 5.41) is 12.9. The van der Waals surface area contributed by atoms with Gasteiger partial charge in [0.15, 0.2) is 11.5 Å². The van der Waals surface area contributed by atoms with Crippen LogP contribution >= 0.6 is 0 Å². The number of pyridine rings is 1. The average molecular weight is 467 g/mol. The summed E-state index contributed by atoms with van der Waals surface area (Å²) in [5.41, 5.74) is 5.91. The van der Waals surface area contributed by atoms with Crippen LogP contribution in [0, 0.1) is 13.8 Å². The zero-order valence-corrected chi connectivity index (χ0v) is 19.9. The zero-order chi connectivity index (χ0) is 24.4.